The van der Waals surface area contributed by atoms with Crippen LogP contribution < -0.4 is 16.0 Å². The maximum atomic E-state index is 12.5. The van der Waals surface area contributed by atoms with Gasteiger partial charge in [0.25, 0.3) is 5.91 Å². The molecule has 0 heterocycles. The van der Waals surface area contributed by atoms with Crippen molar-refractivity contribution >= 4 is 34.8 Å². The molecule has 0 radical (unpaired) electrons. The highest BCUT2D eigenvalue weighted by Crippen LogP contribution is 2.23. The first-order valence-electron chi connectivity index (χ1n) is 10.1. The van der Waals surface area contributed by atoms with E-state index in [4.69, 9.17) is 11.6 Å². The number of rotatable bonds is 6. The Bertz CT molecular complexity index is 892. The summed E-state index contributed by atoms with van der Waals surface area (Å²) in [7, 11) is 0. The van der Waals surface area contributed by atoms with E-state index >= 15 is 0 Å². The average Bonchev–Trinajstić information content (AvgIpc) is 2.70. The smallest absolute Gasteiger partial charge is 0.251 e. The van der Waals surface area contributed by atoms with Crippen LogP contribution in [0.25, 0.3) is 0 Å². The summed E-state index contributed by atoms with van der Waals surface area (Å²) in [5.41, 5.74) is 4.02. The Balaban J connectivity index is 1.54. The van der Waals surface area contributed by atoms with Crippen LogP contribution in [0.1, 0.15) is 53.6 Å². The van der Waals surface area contributed by atoms with E-state index in [1.54, 1.807) is 12.1 Å². The lowest BCUT2D eigenvalue weighted by atomic mass is 9.95. The van der Waals surface area contributed by atoms with Crippen LogP contribution in [-0.4, -0.2) is 24.4 Å². The van der Waals surface area contributed by atoms with Crippen LogP contribution in [-0.2, 0) is 4.79 Å². The predicted molar refractivity (Wildman–Crippen MR) is 119 cm³/mol. The molecule has 2 amide bonds. The molecule has 3 rings (SSSR count). The van der Waals surface area contributed by atoms with Gasteiger partial charge in [-0.05, 0) is 68.1 Å². The lowest BCUT2D eigenvalue weighted by molar-refractivity contribution is -0.114. The zero-order valence-electron chi connectivity index (χ0n) is 17.0. The topological polar surface area (TPSA) is 70.2 Å². The standard InChI is InChI=1S/C23H28ClN3O2/c1-15-8-10-21(19(24)12-15)27-22(28)14-25-20-11-9-17(13-16(20)2)23(29)26-18-6-4-3-5-7-18/h8-13,18,25H,3-7,14H2,1-2H3,(H,26,29)(H,27,28). The fraction of sp³-hybridized carbons (Fsp3) is 0.391. The minimum absolute atomic E-state index is 0.0293. The summed E-state index contributed by atoms with van der Waals surface area (Å²) >= 11 is 6.16. The quantitative estimate of drug-likeness (QED) is 0.619. The highest BCUT2D eigenvalue weighted by atomic mass is 35.5. The van der Waals surface area contributed by atoms with Crippen molar-refractivity contribution in [2.45, 2.75) is 52.0 Å². The monoisotopic (exact) mass is 413 g/mol. The Morgan fingerprint density at radius 1 is 1.00 bits per heavy atom. The SMILES string of the molecule is Cc1ccc(NC(=O)CNc2ccc(C(=O)NC3CCCCC3)cc2C)c(Cl)c1. The van der Waals surface area contributed by atoms with Gasteiger partial charge in [0, 0.05) is 17.3 Å². The first-order valence-corrected chi connectivity index (χ1v) is 10.5. The third-order valence-electron chi connectivity index (χ3n) is 5.27. The number of halogens is 1. The molecule has 2 aromatic rings. The van der Waals surface area contributed by atoms with Gasteiger partial charge in [0.15, 0.2) is 0 Å². The largest absolute Gasteiger partial charge is 0.376 e. The highest BCUT2D eigenvalue weighted by molar-refractivity contribution is 6.33. The number of anilines is 2. The van der Waals surface area contributed by atoms with Crippen molar-refractivity contribution in [3.05, 3.63) is 58.1 Å². The lowest BCUT2D eigenvalue weighted by Crippen LogP contribution is -2.36. The van der Waals surface area contributed by atoms with E-state index in [-0.39, 0.29) is 24.4 Å². The lowest BCUT2D eigenvalue weighted by Gasteiger charge is -2.23. The Morgan fingerprint density at radius 2 is 1.72 bits per heavy atom. The predicted octanol–water partition coefficient (Wildman–Crippen LogP) is 5.07. The summed E-state index contributed by atoms with van der Waals surface area (Å²) < 4.78 is 0. The molecule has 5 nitrogen and oxygen atoms in total. The fourth-order valence-electron chi connectivity index (χ4n) is 3.61. The summed E-state index contributed by atoms with van der Waals surface area (Å²) in [6.45, 7) is 3.98. The molecular weight excluding hydrogens is 386 g/mol. The zero-order chi connectivity index (χ0) is 20.8. The van der Waals surface area contributed by atoms with Gasteiger partial charge in [0.05, 0.1) is 17.3 Å². The third-order valence-corrected chi connectivity index (χ3v) is 5.58. The molecule has 29 heavy (non-hydrogen) atoms. The first-order chi connectivity index (χ1) is 13.9. The van der Waals surface area contributed by atoms with Gasteiger partial charge < -0.3 is 16.0 Å². The number of hydrogen-bond donors (Lipinski definition) is 3. The van der Waals surface area contributed by atoms with E-state index in [2.05, 4.69) is 16.0 Å². The van der Waals surface area contributed by atoms with Gasteiger partial charge in [-0.25, -0.2) is 0 Å². The van der Waals surface area contributed by atoms with E-state index in [0.717, 1.165) is 29.7 Å². The third kappa shape index (κ3) is 5.97. The van der Waals surface area contributed by atoms with Crippen molar-refractivity contribution in [2.24, 2.45) is 0 Å². The summed E-state index contributed by atoms with van der Waals surface area (Å²) in [5, 5.41) is 9.58. The maximum absolute atomic E-state index is 12.5. The molecule has 1 aliphatic carbocycles. The molecule has 154 valence electrons. The van der Waals surface area contributed by atoms with Gasteiger partial charge in [-0.1, -0.05) is 36.9 Å². The fourth-order valence-corrected chi connectivity index (χ4v) is 3.89. The number of hydrogen-bond acceptors (Lipinski definition) is 3. The van der Waals surface area contributed by atoms with Gasteiger partial charge >= 0.3 is 0 Å². The highest BCUT2D eigenvalue weighted by Gasteiger charge is 2.17. The second kappa shape index (κ2) is 9.79. The van der Waals surface area contributed by atoms with Gasteiger partial charge in [-0.2, -0.15) is 0 Å². The number of carbonyl (C=O) groups excluding carboxylic acids is 2. The summed E-state index contributed by atoms with van der Waals surface area (Å²) in [4.78, 5) is 24.7. The molecule has 6 heteroatoms. The molecule has 1 saturated carbocycles. The van der Waals surface area contributed by atoms with Crippen LogP contribution in [0.3, 0.4) is 0 Å². The van der Waals surface area contributed by atoms with Crippen molar-refractivity contribution < 1.29 is 9.59 Å². The second-order valence-electron chi connectivity index (χ2n) is 7.72. The maximum Gasteiger partial charge on any atom is 0.251 e. The molecule has 0 atom stereocenters. The van der Waals surface area contributed by atoms with E-state index in [1.807, 2.05) is 38.1 Å². The number of benzene rings is 2. The Morgan fingerprint density at radius 3 is 2.41 bits per heavy atom. The second-order valence-corrected chi connectivity index (χ2v) is 8.13. The molecule has 1 fully saturated rings. The number of aryl methyl sites for hydroxylation is 2. The molecule has 1 aliphatic rings. The van der Waals surface area contributed by atoms with E-state index in [9.17, 15) is 9.59 Å². The van der Waals surface area contributed by atoms with Crippen molar-refractivity contribution in [2.75, 3.05) is 17.2 Å². The number of nitrogens with one attached hydrogen (secondary N) is 3. The van der Waals surface area contributed by atoms with Crippen molar-refractivity contribution in [1.82, 2.24) is 5.32 Å². The van der Waals surface area contributed by atoms with E-state index < -0.39 is 0 Å². The van der Waals surface area contributed by atoms with Crippen LogP contribution in [0.5, 0.6) is 0 Å². The summed E-state index contributed by atoms with van der Waals surface area (Å²) in [6.07, 6.45) is 5.75. The van der Waals surface area contributed by atoms with Crippen molar-refractivity contribution in [1.29, 1.82) is 0 Å². The van der Waals surface area contributed by atoms with E-state index in [0.29, 0.717) is 16.3 Å². The molecule has 0 bridgehead atoms. The molecule has 0 unspecified atom stereocenters. The van der Waals surface area contributed by atoms with Crippen LogP contribution >= 0.6 is 11.6 Å². The summed E-state index contributed by atoms with van der Waals surface area (Å²) in [6, 6.07) is 11.3. The van der Waals surface area contributed by atoms with Crippen LogP contribution in [0.4, 0.5) is 11.4 Å². The van der Waals surface area contributed by atoms with Crippen LogP contribution in [0.2, 0.25) is 5.02 Å². The Kier molecular flexibility index (Phi) is 7.15. The average molecular weight is 414 g/mol. The minimum atomic E-state index is -0.186. The minimum Gasteiger partial charge on any atom is -0.376 e. The molecule has 0 spiro atoms. The molecule has 0 aliphatic heterocycles. The van der Waals surface area contributed by atoms with Crippen molar-refractivity contribution in [3.63, 3.8) is 0 Å². The van der Waals surface area contributed by atoms with Gasteiger partial charge in [0.2, 0.25) is 5.91 Å². The first kappa shape index (κ1) is 21.2. The van der Waals surface area contributed by atoms with Gasteiger partial charge in [-0.3, -0.25) is 9.59 Å². The van der Waals surface area contributed by atoms with E-state index in [1.165, 1.54) is 19.3 Å². The molecule has 3 N–H and O–H groups in total. The zero-order valence-corrected chi connectivity index (χ0v) is 17.7. The van der Waals surface area contributed by atoms with Gasteiger partial charge in [0.1, 0.15) is 0 Å². The molecule has 0 aromatic heterocycles. The van der Waals surface area contributed by atoms with Crippen LogP contribution in [0, 0.1) is 13.8 Å². The normalized spacial score (nSPS) is 14.3. The number of amides is 2. The molecular formula is C23H28ClN3O2. The Hall–Kier alpha value is -2.53. The molecule has 0 saturated heterocycles. The van der Waals surface area contributed by atoms with Crippen LogP contribution in [0.15, 0.2) is 36.4 Å². The summed E-state index contributed by atoms with van der Waals surface area (Å²) in [5.74, 6) is -0.215. The van der Waals surface area contributed by atoms with Crippen molar-refractivity contribution in [3.8, 4) is 0 Å². The Labute approximate surface area is 177 Å². The van der Waals surface area contributed by atoms with Gasteiger partial charge in [-0.15, -0.1) is 0 Å². The number of carbonyl (C=O) groups is 2. The molecule has 2 aromatic carbocycles.